The Kier molecular flexibility index (Phi) is 6.02. The molecule has 0 fully saturated rings. The Bertz CT molecular complexity index is 499. The van der Waals surface area contributed by atoms with Crippen LogP contribution in [0.5, 0.6) is 5.75 Å². The molecule has 1 unspecified atom stereocenters. The van der Waals surface area contributed by atoms with Gasteiger partial charge in [-0.1, -0.05) is 19.9 Å². The van der Waals surface area contributed by atoms with Crippen LogP contribution in [0, 0.1) is 0 Å². The average molecular weight is 290 g/mol. The highest BCUT2D eigenvalue weighted by Crippen LogP contribution is 2.23. The van der Waals surface area contributed by atoms with Crippen LogP contribution < -0.4 is 10.1 Å². The molecule has 2 heterocycles. The van der Waals surface area contributed by atoms with Crippen LogP contribution in [-0.2, 0) is 6.42 Å². The van der Waals surface area contributed by atoms with Crippen molar-refractivity contribution in [2.75, 3.05) is 13.2 Å². The van der Waals surface area contributed by atoms with Crippen molar-refractivity contribution in [2.24, 2.45) is 0 Å². The van der Waals surface area contributed by atoms with Crippen LogP contribution >= 0.6 is 11.3 Å². The van der Waals surface area contributed by atoms with Gasteiger partial charge in [-0.05, 0) is 36.0 Å². The highest BCUT2D eigenvalue weighted by Gasteiger charge is 2.13. The highest BCUT2D eigenvalue weighted by atomic mass is 32.1. The minimum absolute atomic E-state index is 0.288. The van der Waals surface area contributed by atoms with E-state index in [4.69, 9.17) is 4.74 Å². The van der Waals surface area contributed by atoms with E-state index in [2.05, 4.69) is 47.7 Å². The Labute approximate surface area is 125 Å². The van der Waals surface area contributed by atoms with Crippen LogP contribution in [0.25, 0.3) is 0 Å². The Balaban J connectivity index is 2.11. The van der Waals surface area contributed by atoms with Gasteiger partial charge in [-0.3, -0.25) is 4.98 Å². The van der Waals surface area contributed by atoms with Gasteiger partial charge >= 0.3 is 0 Å². The van der Waals surface area contributed by atoms with Gasteiger partial charge in [0.25, 0.3) is 0 Å². The molecule has 0 aliphatic heterocycles. The van der Waals surface area contributed by atoms with Crippen molar-refractivity contribution in [3.8, 4) is 5.75 Å². The normalized spacial score (nSPS) is 12.3. The number of rotatable bonds is 8. The molecule has 1 atom stereocenters. The second kappa shape index (κ2) is 8.02. The molecule has 20 heavy (non-hydrogen) atoms. The number of nitrogens with zero attached hydrogens (tertiary/aromatic N) is 1. The summed E-state index contributed by atoms with van der Waals surface area (Å²) in [5, 5.41) is 5.65. The van der Waals surface area contributed by atoms with Crippen molar-refractivity contribution in [3.05, 3.63) is 46.4 Å². The van der Waals surface area contributed by atoms with E-state index in [0.717, 1.165) is 31.7 Å². The third-order valence-corrected chi connectivity index (χ3v) is 3.94. The maximum atomic E-state index is 5.67. The number of nitrogens with one attached hydrogen (secondary N) is 1. The summed E-state index contributed by atoms with van der Waals surface area (Å²) in [4.78, 5) is 5.69. The van der Waals surface area contributed by atoms with E-state index in [0.29, 0.717) is 0 Å². The Hall–Kier alpha value is -1.39. The number of thiophene rings is 1. The van der Waals surface area contributed by atoms with Crippen molar-refractivity contribution in [1.29, 1.82) is 0 Å². The van der Waals surface area contributed by atoms with E-state index in [1.54, 1.807) is 17.5 Å². The Morgan fingerprint density at radius 3 is 2.95 bits per heavy atom. The molecule has 0 aliphatic carbocycles. The van der Waals surface area contributed by atoms with Gasteiger partial charge in [-0.25, -0.2) is 0 Å². The molecule has 0 saturated heterocycles. The number of hydrogen-bond donors (Lipinski definition) is 1. The Morgan fingerprint density at radius 2 is 2.25 bits per heavy atom. The zero-order valence-corrected chi connectivity index (χ0v) is 13.0. The van der Waals surface area contributed by atoms with Crippen LogP contribution in [0.2, 0.25) is 0 Å². The molecule has 0 saturated carbocycles. The first kappa shape index (κ1) is 15.0. The zero-order valence-electron chi connectivity index (χ0n) is 12.1. The van der Waals surface area contributed by atoms with E-state index < -0.39 is 0 Å². The van der Waals surface area contributed by atoms with Gasteiger partial charge in [-0.2, -0.15) is 0 Å². The maximum absolute atomic E-state index is 5.67. The lowest BCUT2D eigenvalue weighted by atomic mass is 10.0. The lowest BCUT2D eigenvalue weighted by molar-refractivity contribution is 0.315. The molecule has 0 aromatic carbocycles. The molecule has 0 radical (unpaired) electrons. The number of aromatic nitrogens is 1. The molecule has 2 aromatic heterocycles. The summed E-state index contributed by atoms with van der Waals surface area (Å²) >= 11 is 1.80. The first-order valence-electron chi connectivity index (χ1n) is 7.17. The van der Waals surface area contributed by atoms with Gasteiger partial charge in [0.2, 0.25) is 0 Å². The fourth-order valence-corrected chi connectivity index (χ4v) is 2.86. The monoisotopic (exact) mass is 290 g/mol. The standard InChI is InChI=1S/C16H22N2OS/c1-3-7-19-14-9-13(11-17-12-14)16(18-4-2)10-15-6-5-8-20-15/h5-6,8-9,11-12,16,18H,3-4,7,10H2,1-2H3. The van der Waals surface area contributed by atoms with Crippen molar-refractivity contribution >= 4 is 11.3 Å². The van der Waals surface area contributed by atoms with Crippen molar-refractivity contribution in [3.63, 3.8) is 0 Å². The molecular formula is C16H22N2OS. The third kappa shape index (κ3) is 4.32. The van der Waals surface area contributed by atoms with Crippen molar-refractivity contribution < 1.29 is 4.74 Å². The van der Waals surface area contributed by atoms with Gasteiger partial charge in [0, 0.05) is 23.5 Å². The molecule has 2 rings (SSSR count). The maximum Gasteiger partial charge on any atom is 0.137 e. The summed E-state index contributed by atoms with van der Waals surface area (Å²) in [6.07, 6.45) is 5.72. The van der Waals surface area contributed by atoms with E-state index in [1.807, 2.05) is 6.20 Å². The Morgan fingerprint density at radius 1 is 1.35 bits per heavy atom. The minimum atomic E-state index is 0.288. The molecule has 108 valence electrons. The lowest BCUT2D eigenvalue weighted by Gasteiger charge is -2.18. The van der Waals surface area contributed by atoms with Crippen LogP contribution in [0.1, 0.15) is 36.8 Å². The molecule has 1 N–H and O–H groups in total. The van der Waals surface area contributed by atoms with Crippen LogP contribution in [0.15, 0.2) is 36.0 Å². The van der Waals surface area contributed by atoms with E-state index in [1.165, 1.54) is 10.4 Å². The predicted octanol–water partition coefficient (Wildman–Crippen LogP) is 3.83. The SMILES string of the molecule is CCCOc1cncc(C(Cc2cccs2)NCC)c1. The fourth-order valence-electron chi connectivity index (χ4n) is 2.11. The van der Waals surface area contributed by atoms with E-state index >= 15 is 0 Å². The third-order valence-electron chi connectivity index (χ3n) is 3.05. The molecule has 3 nitrogen and oxygen atoms in total. The first-order valence-corrected chi connectivity index (χ1v) is 8.05. The van der Waals surface area contributed by atoms with Gasteiger partial charge in [0.1, 0.15) is 5.75 Å². The molecule has 0 amide bonds. The smallest absolute Gasteiger partial charge is 0.137 e. The van der Waals surface area contributed by atoms with Gasteiger partial charge < -0.3 is 10.1 Å². The number of ether oxygens (including phenoxy) is 1. The van der Waals surface area contributed by atoms with Gasteiger partial charge in [0.05, 0.1) is 12.8 Å². The highest BCUT2D eigenvalue weighted by molar-refractivity contribution is 7.09. The van der Waals surface area contributed by atoms with Crippen molar-refractivity contribution in [2.45, 2.75) is 32.7 Å². The topological polar surface area (TPSA) is 34.1 Å². The number of pyridine rings is 1. The summed E-state index contributed by atoms with van der Waals surface area (Å²) in [7, 11) is 0. The largest absolute Gasteiger partial charge is 0.492 e. The average Bonchev–Trinajstić information content (AvgIpc) is 2.98. The quantitative estimate of drug-likeness (QED) is 0.802. The first-order chi connectivity index (χ1) is 9.83. The summed E-state index contributed by atoms with van der Waals surface area (Å²) in [5.74, 6) is 0.860. The second-order valence-electron chi connectivity index (χ2n) is 4.70. The lowest BCUT2D eigenvalue weighted by Crippen LogP contribution is -2.22. The van der Waals surface area contributed by atoms with Gasteiger partial charge in [-0.15, -0.1) is 11.3 Å². The summed E-state index contributed by atoms with van der Waals surface area (Å²) in [5.41, 5.74) is 1.19. The fraction of sp³-hybridized carbons (Fsp3) is 0.438. The van der Waals surface area contributed by atoms with E-state index in [-0.39, 0.29) is 6.04 Å². The molecule has 0 spiro atoms. The molecule has 4 heteroatoms. The van der Waals surface area contributed by atoms with Crippen LogP contribution in [0.4, 0.5) is 0 Å². The number of hydrogen-bond acceptors (Lipinski definition) is 4. The van der Waals surface area contributed by atoms with Crippen LogP contribution in [-0.4, -0.2) is 18.1 Å². The second-order valence-corrected chi connectivity index (χ2v) is 5.73. The summed E-state index contributed by atoms with van der Waals surface area (Å²) < 4.78 is 5.67. The zero-order chi connectivity index (χ0) is 14.2. The molecule has 0 aliphatic rings. The minimum Gasteiger partial charge on any atom is -0.492 e. The molecular weight excluding hydrogens is 268 g/mol. The van der Waals surface area contributed by atoms with Gasteiger partial charge in [0.15, 0.2) is 0 Å². The summed E-state index contributed by atoms with van der Waals surface area (Å²) in [6, 6.07) is 6.67. The molecule has 0 bridgehead atoms. The van der Waals surface area contributed by atoms with E-state index in [9.17, 15) is 0 Å². The van der Waals surface area contributed by atoms with Crippen LogP contribution in [0.3, 0.4) is 0 Å². The summed E-state index contributed by atoms with van der Waals surface area (Å²) in [6.45, 7) is 5.92. The predicted molar refractivity (Wildman–Crippen MR) is 84.5 cm³/mol. The number of likely N-dealkylation sites (N-methyl/N-ethyl adjacent to an activating group) is 1. The van der Waals surface area contributed by atoms with Crippen molar-refractivity contribution in [1.82, 2.24) is 10.3 Å². The molecule has 2 aromatic rings.